The van der Waals surface area contributed by atoms with Crippen LogP contribution in [0.5, 0.6) is 11.5 Å². The Labute approximate surface area is 219 Å². The maximum absolute atomic E-state index is 10.8. The zero-order valence-corrected chi connectivity index (χ0v) is 23.1. The SMILES string of the molecule is CCCCCCCc1ccc([O-])cc1.CCCCCCCc1ccc([O-])cc1.[Ba+2]. The number of benzene rings is 2. The Balaban J connectivity index is 0.000000523. The van der Waals surface area contributed by atoms with Crippen molar-refractivity contribution in [1.82, 2.24) is 0 Å². The second-order valence-electron chi connectivity index (χ2n) is 7.62. The van der Waals surface area contributed by atoms with Gasteiger partial charge in [-0.25, -0.2) is 0 Å². The Morgan fingerprint density at radius 3 is 1.10 bits per heavy atom. The normalized spacial score (nSPS) is 10.0. The summed E-state index contributed by atoms with van der Waals surface area (Å²) in [6.07, 6.45) is 15.3. The molecule has 0 spiro atoms. The van der Waals surface area contributed by atoms with Crippen LogP contribution in [0.15, 0.2) is 48.5 Å². The summed E-state index contributed by atoms with van der Waals surface area (Å²) in [6.45, 7) is 4.46. The summed E-state index contributed by atoms with van der Waals surface area (Å²) in [7, 11) is 0. The molecule has 0 aliphatic rings. The van der Waals surface area contributed by atoms with Gasteiger partial charge in [-0.3, -0.25) is 0 Å². The average Bonchev–Trinajstić information content (AvgIpc) is 2.71. The van der Waals surface area contributed by atoms with Crippen molar-refractivity contribution in [3.8, 4) is 11.5 Å². The van der Waals surface area contributed by atoms with Gasteiger partial charge in [-0.05, 0) is 36.8 Å². The van der Waals surface area contributed by atoms with Crippen LogP contribution in [0.25, 0.3) is 0 Å². The van der Waals surface area contributed by atoms with Gasteiger partial charge in [0.2, 0.25) is 0 Å². The van der Waals surface area contributed by atoms with Gasteiger partial charge >= 0.3 is 48.9 Å². The third-order valence-electron chi connectivity index (χ3n) is 4.98. The van der Waals surface area contributed by atoms with Crippen molar-refractivity contribution in [3.63, 3.8) is 0 Å². The number of rotatable bonds is 12. The quantitative estimate of drug-likeness (QED) is 0.249. The summed E-state index contributed by atoms with van der Waals surface area (Å²) in [5.41, 5.74) is 2.59. The van der Waals surface area contributed by atoms with E-state index in [0.29, 0.717) is 0 Å². The first-order valence-corrected chi connectivity index (χ1v) is 11.2. The second-order valence-corrected chi connectivity index (χ2v) is 7.62. The van der Waals surface area contributed by atoms with Crippen molar-refractivity contribution >= 4 is 48.9 Å². The smallest absolute Gasteiger partial charge is 0.872 e. The van der Waals surface area contributed by atoms with E-state index in [1.165, 1.54) is 75.3 Å². The topological polar surface area (TPSA) is 46.1 Å². The molecule has 0 fully saturated rings. The Hall–Kier alpha value is -0.389. The molecule has 2 aromatic carbocycles. The van der Waals surface area contributed by atoms with E-state index in [9.17, 15) is 10.2 Å². The minimum Gasteiger partial charge on any atom is -0.872 e. The molecule has 0 radical (unpaired) electrons. The molecule has 0 unspecified atom stereocenters. The van der Waals surface area contributed by atoms with Crippen LogP contribution in [-0.2, 0) is 12.8 Å². The zero-order chi connectivity index (χ0) is 20.5. The average molecular weight is 520 g/mol. The van der Waals surface area contributed by atoms with Crippen molar-refractivity contribution in [2.75, 3.05) is 0 Å². The van der Waals surface area contributed by atoms with Crippen LogP contribution in [0, 0.1) is 0 Å². The third-order valence-corrected chi connectivity index (χ3v) is 4.98. The fourth-order valence-electron chi connectivity index (χ4n) is 3.18. The Morgan fingerprint density at radius 1 is 0.483 bits per heavy atom. The number of unbranched alkanes of at least 4 members (excludes halogenated alkanes) is 8. The van der Waals surface area contributed by atoms with Gasteiger partial charge in [0, 0.05) is 0 Å². The molecule has 0 heterocycles. The Morgan fingerprint density at radius 2 is 0.793 bits per heavy atom. The Kier molecular flexibility index (Phi) is 19.3. The molecule has 0 bridgehead atoms. The van der Waals surface area contributed by atoms with Gasteiger partial charge < -0.3 is 10.2 Å². The molecule has 0 aliphatic carbocycles. The minimum absolute atomic E-state index is 0. The molecule has 3 heteroatoms. The Bertz CT molecular complexity index is 538. The first kappa shape index (κ1) is 28.6. The van der Waals surface area contributed by atoms with E-state index in [1.807, 2.05) is 24.3 Å². The molecule has 0 aliphatic heterocycles. The predicted molar refractivity (Wildman–Crippen MR) is 122 cm³/mol. The third kappa shape index (κ3) is 16.0. The molecule has 0 amide bonds. The van der Waals surface area contributed by atoms with Crippen molar-refractivity contribution in [3.05, 3.63) is 59.7 Å². The molecule has 0 saturated carbocycles. The summed E-state index contributed by atoms with van der Waals surface area (Å²) >= 11 is 0. The van der Waals surface area contributed by atoms with E-state index < -0.39 is 0 Å². The molecule has 2 rings (SSSR count). The van der Waals surface area contributed by atoms with E-state index in [-0.39, 0.29) is 60.4 Å². The first-order chi connectivity index (χ1) is 13.7. The van der Waals surface area contributed by atoms with Gasteiger partial charge in [0.25, 0.3) is 0 Å². The molecule has 0 saturated heterocycles. The zero-order valence-electron chi connectivity index (χ0n) is 18.6. The summed E-state index contributed by atoms with van der Waals surface area (Å²) in [4.78, 5) is 0. The molecule has 2 nitrogen and oxygen atoms in total. The van der Waals surface area contributed by atoms with Gasteiger partial charge in [0.1, 0.15) is 0 Å². The minimum atomic E-state index is 0. The molecule has 2 aromatic rings. The van der Waals surface area contributed by atoms with E-state index in [0.717, 1.165) is 12.8 Å². The fourth-order valence-corrected chi connectivity index (χ4v) is 3.18. The molecular weight excluding hydrogens is 482 g/mol. The molecular formula is C26H38BaO2. The van der Waals surface area contributed by atoms with Crippen LogP contribution in [0.1, 0.15) is 89.2 Å². The number of hydrogen-bond acceptors (Lipinski definition) is 2. The summed E-state index contributed by atoms with van der Waals surface area (Å²) in [5.74, 6) is 0.222. The van der Waals surface area contributed by atoms with Crippen LogP contribution in [-0.4, -0.2) is 48.9 Å². The van der Waals surface area contributed by atoms with Gasteiger partial charge in [-0.1, -0.05) is 114 Å². The van der Waals surface area contributed by atoms with Crippen molar-refractivity contribution < 1.29 is 10.2 Å². The summed E-state index contributed by atoms with van der Waals surface area (Å²) in [6, 6.07) is 14.4. The van der Waals surface area contributed by atoms with Crippen molar-refractivity contribution in [2.24, 2.45) is 0 Å². The number of aryl methyl sites for hydroxylation is 2. The van der Waals surface area contributed by atoms with Crippen molar-refractivity contribution in [2.45, 2.75) is 90.9 Å². The maximum Gasteiger partial charge on any atom is 2.00 e. The van der Waals surface area contributed by atoms with Gasteiger partial charge in [-0.2, -0.15) is 0 Å². The molecule has 0 atom stereocenters. The van der Waals surface area contributed by atoms with E-state index in [1.54, 1.807) is 24.3 Å². The van der Waals surface area contributed by atoms with Gasteiger partial charge in [0.05, 0.1) is 0 Å². The molecule has 0 aromatic heterocycles. The van der Waals surface area contributed by atoms with Crippen LogP contribution in [0.2, 0.25) is 0 Å². The van der Waals surface area contributed by atoms with E-state index in [2.05, 4.69) is 13.8 Å². The number of hydrogen-bond donors (Lipinski definition) is 0. The fraction of sp³-hybridized carbons (Fsp3) is 0.538. The molecule has 29 heavy (non-hydrogen) atoms. The monoisotopic (exact) mass is 520 g/mol. The first-order valence-electron chi connectivity index (χ1n) is 11.2. The van der Waals surface area contributed by atoms with Gasteiger partial charge in [-0.15, -0.1) is 11.5 Å². The summed E-state index contributed by atoms with van der Waals surface area (Å²) in [5, 5.41) is 21.7. The largest absolute Gasteiger partial charge is 2.00 e. The predicted octanol–water partition coefficient (Wildman–Crippen LogP) is 6.17. The second kappa shape index (κ2) is 19.6. The van der Waals surface area contributed by atoms with E-state index >= 15 is 0 Å². The maximum atomic E-state index is 10.8. The molecule has 156 valence electrons. The van der Waals surface area contributed by atoms with Gasteiger partial charge in [0.15, 0.2) is 0 Å². The van der Waals surface area contributed by atoms with Crippen molar-refractivity contribution in [1.29, 1.82) is 0 Å². The molecule has 0 N–H and O–H groups in total. The standard InChI is InChI=1S/2C13H20O.Ba/c2*1-2-3-4-5-6-7-12-8-10-13(14)11-9-12;/h2*8-11,14H,2-7H2,1H3;/q;;+2/p-2. The van der Waals surface area contributed by atoms with Crippen LogP contribution in [0.4, 0.5) is 0 Å². The van der Waals surface area contributed by atoms with E-state index in [4.69, 9.17) is 0 Å². The summed E-state index contributed by atoms with van der Waals surface area (Å²) < 4.78 is 0. The van der Waals surface area contributed by atoms with Crippen LogP contribution in [0.3, 0.4) is 0 Å². The van der Waals surface area contributed by atoms with Crippen LogP contribution < -0.4 is 10.2 Å². The van der Waals surface area contributed by atoms with Crippen LogP contribution >= 0.6 is 0 Å².